The third-order valence-corrected chi connectivity index (χ3v) is 2.57. The minimum Gasteiger partial charge on any atom is -0.496 e. The van der Waals surface area contributed by atoms with E-state index in [-0.39, 0.29) is 0 Å². The monoisotopic (exact) mass is 207 g/mol. The van der Waals surface area contributed by atoms with Crippen molar-refractivity contribution in [3.63, 3.8) is 0 Å². The summed E-state index contributed by atoms with van der Waals surface area (Å²) in [7, 11) is 1.63. The first-order valence-corrected chi connectivity index (χ1v) is 4.69. The number of halogens is 1. The maximum absolute atomic E-state index is 6.02. The zero-order valence-electron chi connectivity index (χ0n) is 8.04. The van der Waals surface area contributed by atoms with E-state index in [1.54, 1.807) is 13.3 Å². The van der Waals surface area contributed by atoms with Crippen molar-refractivity contribution in [2.24, 2.45) is 0 Å². The SMILES string of the molecule is COc1ccc(C)c2ccnc(Cl)c12. The third-order valence-electron chi connectivity index (χ3n) is 2.28. The van der Waals surface area contributed by atoms with E-state index in [1.807, 2.05) is 25.1 Å². The molecule has 0 bridgehead atoms. The molecule has 1 heterocycles. The van der Waals surface area contributed by atoms with Crippen LogP contribution < -0.4 is 4.74 Å². The molecule has 0 N–H and O–H groups in total. The van der Waals surface area contributed by atoms with Crippen molar-refractivity contribution in [1.82, 2.24) is 4.98 Å². The Balaban J connectivity index is 2.92. The zero-order valence-corrected chi connectivity index (χ0v) is 8.80. The summed E-state index contributed by atoms with van der Waals surface area (Å²) in [5.41, 5.74) is 1.17. The number of rotatable bonds is 1. The molecular formula is C11H10ClNO. The van der Waals surface area contributed by atoms with Crippen molar-refractivity contribution >= 4 is 22.4 Å². The molecule has 0 radical (unpaired) electrons. The average Bonchev–Trinajstić information content (AvgIpc) is 2.20. The first-order valence-electron chi connectivity index (χ1n) is 4.32. The topological polar surface area (TPSA) is 22.1 Å². The second kappa shape index (κ2) is 3.46. The summed E-state index contributed by atoms with van der Waals surface area (Å²) in [4.78, 5) is 4.04. The van der Waals surface area contributed by atoms with Gasteiger partial charge in [-0.25, -0.2) is 4.98 Å². The molecule has 0 fully saturated rings. The van der Waals surface area contributed by atoms with Crippen LogP contribution in [-0.2, 0) is 0 Å². The van der Waals surface area contributed by atoms with Crippen LogP contribution in [0.25, 0.3) is 10.8 Å². The summed E-state index contributed by atoms with van der Waals surface area (Å²) in [6.07, 6.45) is 1.71. The van der Waals surface area contributed by atoms with E-state index in [0.717, 1.165) is 16.5 Å². The van der Waals surface area contributed by atoms with Gasteiger partial charge in [-0.3, -0.25) is 0 Å². The number of nitrogens with zero attached hydrogens (tertiary/aromatic N) is 1. The highest BCUT2D eigenvalue weighted by atomic mass is 35.5. The molecule has 0 aliphatic rings. The Morgan fingerprint density at radius 2 is 2.07 bits per heavy atom. The number of methoxy groups -OCH3 is 1. The minimum absolute atomic E-state index is 0.489. The fourth-order valence-corrected chi connectivity index (χ4v) is 1.79. The number of ether oxygens (including phenoxy) is 1. The Labute approximate surface area is 87.5 Å². The Hall–Kier alpha value is -1.28. The van der Waals surface area contributed by atoms with Crippen LogP contribution >= 0.6 is 11.6 Å². The van der Waals surface area contributed by atoms with Crippen molar-refractivity contribution in [2.75, 3.05) is 7.11 Å². The number of pyridine rings is 1. The van der Waals surface area contributed by atoms with Crippen LogP contribution in [0.5, 0.6) is 5.75 Å². The van der Waals surface area contributed by atoms with Gasteiger partial charge >= 0.3 is 0 Å². The third kappa shape index (κ3) is 1.32. The molecule has 0 aliphatic heterocycles. The fraction of sp³-hybridized carbons (Fsp3) is 0.182. The minimum atomic E-state index is 0.489. The van der Waals surface area contributed by atoms with Gasteiger partial charge in [0.1, 0.15) is 10.9 Å². The molecule has 0 unspecified atom stereocenters. The van der Waals surface area contributed by atoms with Crippen LogP contribution in [0.1, 0.15) is 5.56 Å². The van der Waals surface area contributed by atoms with Crippen molar-refractivity contribution < 1.29 is 4.74 Å². The van der Waals surface area contributed by atoms with Gasteiger partial charge in [0.25, 0.3) is 0 Å². The number of hydrogen-bond donors (Lipinski definition) is 0. The van der Waals surface area contributed by atoms with Crippen LogP contribution in [0.4, 0.5) is 0 Å². The summed E-state index contributed by atoms with van der Waals surface area (Å²) in [5.74, 6) is 0.767. The zero-order chi connectivity index (χ0) is 10.1. The van der Waals surface area contributed by atoms with Crippen LogP contribution in [0.15, 0.2) is 24.4 Å². The normalized spacial score (nSPS) is 10.5. The second-order valence-electron chi connectivity index (χ2n) is 3.11. The maximum atomic E-state index is 6.02. The molecule has 2 rings (SSSR count). The largest absolute Gasteiger partial charge is 0.496 e. The molecule has 1 aromatic heterocycles. The summed E-state index contributed by atoms with van der Waals surface area (Å²) in [6.45, 7) is 2.04. The molecule has 2 nitrogen and oxygen atoms in total. The summed E-state index contributed by atoms with van der Waals surface area (Å²) in [6, 6.07) is 5.86. The molecule has 0 aliphatic carbocycles. The van der Waals surface area contributed by atoms with E-state index in [4.69, 9.17) is 16.3 Å². The Kier molecular flexibility index (Phi) is 2.30. The number of aryl methyl sites for hydroxylation is 1. The van der Waals surface area contributed by atoms with E-state index in [1.165, 1.54) is 5.56 Å². The molecule has 72 valence electrons. The van der Waals surface area contributed by atoms with Crippen molar-refractivity contribution in [3.05, 3.63) is 35.1 Å². The van der Waals surface area contributed by atoms with E-state index >= 15 is 0 Å². The van der Waals surface area contributed by atoms with Gasteiger partial charge < -0.3 is 4.74 Å². The lowest BCUT2D eigenvalue weighted by Gasteiger charge is -2.08. The summed E-state index contributed by atoms with van der Waals surface area (Å²) in [5, 5.41) is 2.46. The number of hydrogen-bond acceptors (Lipinski definition) is 2. The van der Waals surface area contributed by atoms with Gasteiger partial charge in [0.15, 0.2) is 0 Å². The van der Waals surface area contributed by atoms with Gasteiger partial charge in [0, 0.05) is 6.20 Å². The van der Waals surface area contributed by atoms with Crippen LogP contribution in [0.3, 0.4) is 0 Å². The van der Waals surface area contributed by atoms with E-state index in [9.17, 15) is 0 Å². The highest BCUT2D eigenvalue weighted by Crippen LogP contribution is 2.32. The van der Waals surface area contributed by atoms with Crippen LogP contribution in [0, 0.1) is 6.92 Å². The number of fused-ring (bicyclic) bond motifs is 1. The lowest BCUT2D eigenvalue weighted by Crippen LogP contribution is -1.89. The molecule has 1 aromatic carbocycles. The van der Waals surface area contributed by atoms with Gasteiger partial charge in [-0.05, 0) is 30.0 Å². The van der Waals surface area contributed by atoms with Crippen molar-refractivity contribution in [1.29, 1.82) is 0 Å². The quantitative estimate of drug-likeness (QED) is 0.670. The first-order chi connectivity index (χ1) is 6.74. The van der Waals surface area contributed by atoms with Gasteiger partial charge in [0.2, 0.25) is 0 Å². The predicted molar refractivity (Wildman–Crippen MR) is 58.0 cm³/mol. The molecular weight excluding hydrogens is 198 g/mol. The molecule has 0 saturated carbocycles. The first kappa shape index (κ1) is 9.28. The summed E-state index contributed by atoms with van der Waals surface area (Å²) >= 11 is 6.02. The lowest BCUT2D eigenvalue weighted by atomic mass is 10.1. The Bertz CT molecular complexity index is 482. The summed E-state index contributed by atoms with van der Waals surface area (Å²) < 4.78 is 5.24. The molecule has 0 spiro atoms. The number of aromatic nitrogens is 1. The number of benzene rings is 1. The molecule has 3 heteroatoms. The van der Waals surface area contributed by atoms with E-state index < -0.39 is 0 Å². The Morgan fingerprint density at radius 3 is 2.79 bits per heavy atom. The molecule has 0 saturated heterocycles. The second-order valence-corrected chi connectivity index (χ2v) is 3.47. The van der Waals surface area contributed by atoms with E-state index in [0.29, 0.717) is 5.15 Å². The maximum Gasteiger partial charge on any atom is 0.140 e. The van der Waals surface area contributed by atoms with Gasteiger partial charge in [-0.2, -0.15) is 0 Å². The van der Waals surface area contributed by atoms with Gasteiger partial charge in [-0.1, -0.05) is 17.7 Å². The molecule has 0 amide bonds. The molecule has 2 aromatic rings. The Morgan fingerprint density at radius 1 is 1.29 bits per heavy atom. The van der Waals surface area contributed by atoms with Crippen LogP contribution in [-0.4, -0.2) is 12.1 Å². The van der Waals surface area contributed by atoms with Crippen molar-refractivity contribution in [2.45, 2.75) is 6.92 Å². The smallest absolute Gasteiger partial charge is 0.140 e. The highest BCUT2D eigenvalue weighted by molar-refractivity contribution is 6.34. The van der Waals surface area contributed by atoms with E-state index in [2.05, 4.69) is 4.98 Å². The lowest BCUT2D eigenvalue weighted by molar-refractivity contribution is 0.419. The standard InChI is InChI=1S/C11H10ClNO/c1-7-3-4-9(14-2)10-8(7)5-6-13-11(10)12/h3-6H,1-2H3. The fourth-order valence-electron chi connectivity index (χ4n) is 1.54. The average molecular weight is 208 g/mol. The predicted octanol–water partition coefficient (Wildman–Crippen LogP) is 3.21. The molecule has 0 atom stereocenters. The van der Waals surface area contributed by atoms with Crippen molar-refractivity contribution in [3.8, 4) is 5.75 Å². The van der Waals surface area contributed by atoms with Gasteiger partial charge in [0.05, 0.1) is 12.5 Å². The van der Waals surface area contributed by atoms with Crippen LogP contribution in [0.2, 0.25) is 5.15 Å². The molecule has 14 heavy (non-hydrogen) atoms. The van der Waals surface area contributed by atoms with Gasteiger partial charge in [-0.15, -0.1) is 0 Å². The highest BCUT2D eigenvalue weighted by Gasteiger charge is 2.07.